The van der Waals surface area contributed by atoms with Crippen LogP contribution in [0.4, 0.5) is 5.69 Å². The van der Waals surface area contributed by atoms with Crippen molar-refractivity contribution < 1.29 is 14.3 Å². The number of amides is 1. The fraction of sp³-hybridized carbons (Fsp3) is 0.688. The van der Waals surface area contributed by atoms with Crippen LogP contribution < -0.4 is 20.3 Å². The molecule has 6 rings (SSSR count). The summed E-state index contributed by atoms with van der Waals surface area (Å²) < 4.78 is 13.4. The van der Waals surface area contributed by atoms with Crippen LogP contribution in [-0.4, -0.2) is 110 Å². The highest BCUT2D eigenvalue weighted by Gasteiger charge is 2.52. The predicted molar refractivity (Wildman–Crippen MR) is 162 cm³/mol. The van der Waals surface area contributed by atoms with Crippen LogP contribution >= 0.6 is 0 Å². The van der Waals surface area contributed by atoms with Crippen molar-refractivity contribution in [1.82, 2.24) is 25.3 Å². The van der Waals surface area contributed by atoms with Crippen LogP contribution in [-0.2, 0) is 9.53 Å². The highest BCUT2D eigenvalue weighted by atomic mass is 16.5. The highest BCUT2D eigenvalue weighted by Crippen LogP contribution is 2.46. The Bertz CT molecular complexity index is 1210. The van der Waals surface area contributed by atoms with E-state index in [2.05, 4.69) is 77.2 Å². The molecule has 1 spiro atoms. The Morgan fingerprint density at radius 3 is 2.86 bits per heavy atom. The molecule has 1 aromatic carbocycles. The number of likely N-dealkylation sites (tertiary alicyclic amines) is 1. The third-order valence-electron chi connectivity index (χ3n) is 10.4. The van der Waals surface area contributed by atoms with Crippen molar-refractivity contribution in [3.63, 3.8) is 0 Å². The molecule has 228 valence electrons. The minimum absolute atomic E-state index is 0.0814. The molecule has 3 saturated heterocycles. The van der Waals surface area contributed by atoms with Gasteiger partial charge in [-0.3, -0.25) is 20.3 Å². The summed E-state index contributed by atoms with van der Waals surface area (Å²) in [6.45, 7) is 10.5. The number of aryl methyl sites for hydroxylation is 1. The van der Waals surface area contributed by atoms with Crippen molar-refractivity contribution >= 4 is 11.6 Å². The summed E-state index contributed by atoms with van der Waals surface area (Å²) in [5.41, 5.74) is 2.17. The molecule has 4 aliphatic heterocycles. The number of carbonyl (C=O) groups excluding carboxylic acids is 1. The summed E-state index contributed by atoms with van der Waals surface area (Å²) in [5.74, 6) is 1.23. The van der Waals surface area contributed by atoms with Gasteiger partial charge in [0.1, 0.15) is 11.4 Å². The first-order valence-electron chi connectivity index (χ1n) is 15.7. The largest absolute Gasteiger partial charge is 0.483 e. The number of para-hydroxylation sites is 1. The summed E-state index contributed by atoms with van der Waals surface area (Å²) in [7, 11) is 4.37. The fourth-order valence-electron chi connectivity index (χ4n) is 8.27. The van der Waals surface area contributed by atoms with E-state index in [4.69, 9.17) is 9.47 Å². The van der Waals surface area contributed by atoms with Crippen molar-refractivity contribution in [1.29, 1.82) is 5.26 Å². The van der Waals surface area contributed by atoms with Gasteiger partial charge in [-0.2, -0.15) is 5.26 Å². The number of ether oxygens (including phenoxy) is 2. The fourth-order valence-corrected chi connectivity index (χ4v) is 8.27. The Morgan fingerprint density at radius 2 is 2.10 bits per heavy atom. The Hall–Kier alpha value is -2.68. The smallest absolute Gasteiger partial charge is 0.246 e. The minimum atomic E-state index is -0.279. The second kappa shape index (κ2) is 12.1. The molecule has 6 unspecified atom stereocenters. The molecule has 10 heteroatoms. The van der Waals surface area contributed by atoms with Crippen LogP contribution in [0.25, 0.3) is 0 Å². The van der Waals surface area contributed by atoms with Crippen molar-refractivity contribution in [3.8, 4) is 11.8 Å². The minimum Gasteiger partial charge on any atom is -0.483 e. The number of fused-ring (bicyclic) bond motifs is 2. The van der Waals surface area contributed by atoms with Gasteiger partial charge in [0.15, 0.2) is 6.35 Å². The van der Waals surface area contributed by atoms with Crippen molar-refractivity contribution in [2.45, 2.75) is 81.7 Å². The zero-order valence-corrected chi connectivity index (χ0v) is 25.4. The van der Waals surface area contributed by atoms with Crippen LogP contribution in [0.5, 0.6) is 5.75 Å². The van der Waals surface area contributed by atoms with Crippen LogP contribution in [0.3, 0.4) is 0 Å². The van der Waals surface area contributed by atoms with E-state index < -0.39 is 0 Å². The van der Waals surface area contributed by atoms with Crippen molar-refractivity contribution in [3.05, 3.63) is 36.4 Å². The maximum atomic E-state index is 12.6. The number of hydrogen-bond acceptors (Lipinski definition) is 9. The molecule has 5 aliphatic rings. The monoisotopic (exact) mass is 577 g/mol. The Kier molecular flexibility index (Phi) is 8.49. The van der Waals surface area contributed by atoms with Gasteiger partial charge in [-0.15, -0.1) is 0 Å². The van der Waals surface area contributed by atoms with E-state index >= 15 is 0 Å². The maximum absolute atomic E-state index is 12.6. The molecular formula is C32H47N7O3. The zero-order valence-electron chi connectivity index (χ0n) is 25.4. The lowest BCUT2D eigenvalue weighted by molar-refractivity contribution is -0.139. The number of anilines is 1. The Balaban J connectivity index is 1.22. The van der Waals surface area contributed by atoms with Gasteiger partial charge in [0.05, 0.1) is 43.5 Å². The van der Waals surface area contributed by atoms with E-state index in [0.717, 1.165) is 51.1 Å². The number of benzene rings is 1. The lowest BCUT2D eigenvalue weighted by Gasteiger charge is -2.56. The average Bonchev–Trinajstić information content (AvgIpc) is 3.39. The van der Waals surface area contributed by atoms with Crippen LogP contribution in [0, 0.1) is 24.2 Å². The first kappa shape index (κ1) is 29.4. The van der Waals surface area contributed by atoms with Crippen molar-refractivity contribution in [2.24, 2.45) is 5.92 Å². The van der Waals surface area contributed by atoms with Gasteiger partial charge in [-0.1, -0.05) is 18.7 Å². The molecule has 2 N–H and O–H groups in total. The number of nitriles is 1. The second-order valence-electron chi connectivity index (χ2n) is 13.1. The quantitative estimate of drug-likeness (QED) is 0.494. The number of nitrogens with one attached hydrogen (secondary N) is 2. The summed E-state index contributed by atoms with van der Waals surface area (Å²) in [6, 6.07) is 9.14. The third-order valence-corrected chi connectivity index (χ3v) is 10.4. The van der Waals surface area contributed by atoms with Gasteiger partial charge in [-0.05, 0) is 63.9 Å². The first-order valence-corrected chi connectivity index (χ1v) is 15.7. The van der Waals surface area contributed by atoms with E-state index in [-0.39, 0.29) is 36.1 Å². The summed E-state index contributed by atoms with van der Waals surface area (Å²) in [5, 5.41) is 17.2. The number of nitrogens with zero attached hydrogens (tertiary/aromatic N) is 5. The van der Waals surface area contributed by atoms with E-state index in [1.165, 1.54) is 23.7 Å². The molecular weight excluding hydrogens is 530 g/mol. The second-order valence-corrected chi connectivity index (χ2v) is 13.1. The lowest BCUT2D eigenvalue weighted by atomic mass is 9.72. The normalized spacial score (nSPS) is 35.3. The van der Waals surface area contributed by atoms with Gasteiger partial charge in [-0.25, -0.2) is 0 Å². The van der Waals surface area contributed by atoms with Crippen molar-refractivity contribution in [2.75, 3.05) is 58.3 Å². The molecule has 0 aromatic heterocycles. The van der Waals surface area contributed by atoms with Gasteiger partial charge in [0.25, 0.3) is 0 Å². The van der Waals surface area contributed by atoms with Crippen LogP contribution in [0.1, 0.15) is 44.1 Å². The highest BCUT2D eigenvalue weighted by molar-refractivity contribution is 5.87. The SMILES string of the molecule is C=CC(=O)N1CCN(C2NC(OCC3CCCN3C)NC3C[C@]4(CCC32)CN(C)c2c(C)cccc2O4)CC1CC#N. The van der Waals surface area contributed by atoms with Crippen LogP contribution in [0.15, 0.2) is 30.9 Å². The number of piperazine rings is 1. The first-order chi connectivity index (χ1) is 20.3. The van der Waals surface area contributed by atoms with E-state index in [0.29, 0.717) is 38.1 Å². The van der Waals surface area contributed by atoms with E-state index in [9.17, 15) is 10.1 Å². The third kappa shape index (κ3) is 5.65. The Labute approximate surface area is 250 Å². The number of likely N-dealkylation sites (N-methyl/N-ethyl adjacent to an activating group) is 2. The Morgan fingerprint density at radius 1 is 1.24 bits per heavy atom. The number of carbonyl (C=O) groups is 1. The molecule has 1 aromatic rings. The summed E-state index contributed by atoms with van der Waals surface area (Å²) in [4.78, 5) is 21.6. The topological polar surface area (TPSA) is 96.3 Å². The molecule has 42 heavy (non-hydrogen) atoms. The molecule has 1 saturated carbocycles. The van der Waals surface area contributed by atoms with Gasteiger partial charge >= 0.3 is 0 Å². The molecule has 0 bridgehead atoms. The standard InChI is InChI=1S/C32H47N7O3/c1-5-28(40)39-17-16-38(19-23(39)12-14-33)30-25-11-13-32(21-37(4)29-22(2)8-6-10-27(29)42-32)18-26(25)34-31(35-30)41-20-24-9-7-15-36(24)3/h5-6,8,10,23-26,30-31,34-35H,1,7,9,11-13,15-21H2,2-4H3/t23?,24?,25?,26?,30?,31?,32-/m1/s1. The van der Waals surface area contributed by atoms with Gasteiger partial charge in [0.2, 0.25) is 5.91 Å². The van der Waals surface area contributed by atoms with Gasteiger partial charge < -0.3 is 24.2 Å². The van der Waals surface area contributed by atoms with Crippen LogP contribution in [0.2, 0.25) is 0 Å². The van der Waals surface area contributed by atoms with Gasteiger partial charge in [0, 0.05) is 51.1 Å². The molecule has 0 radical (unpaired) electrons. The lowest BCUT2D eigenvalue weighted by Crippen LogP contribution is -2.73. The molecule has 4 heterocycles. The number of rotatable bonds is 6. The average molecular weight is 578 g/mol. The number of hydrogen-bond donors (Lipinski definition) is 2. The van der Waals surface area contributed by atoms with E-state index in [1.54, 1.807) is 0 Å². The summed E-state index contributed by atoms with van der Waals surface area (Å²) in [6.07, 6.45) is 6.73. The maximum Gasteiger partial charge on any atom is 0.246 e. The van der Waals surface area contributed by atoms with E-state index in [1.807, 2.05) is 4.90 Å². The zero-order chi connectivity index (χ0) is 29.4. The molecule has 10 nitrogen and oxygen atoms in total. The summed E-state index contributed by atoms with van der Waals surface area (Å²) >= 11 is 0. The predicted octanol–water partition coefficient (Wildman–Crippen LogP) is 2.26. The molecule has 1 amide bonds. The molecule has 7 atom stereocenters. The molecule has 1 aliphatic carbocycles. The molecule has 4 fully saturated rings.